The fraction of sp³-hybridized carbons (Fsp3) is 0.167. The minimum Gasteiger partial charge on any atom is -0.481 e. The first-order valence-electron chi connectivity index (χ1n) is 8.15. The Bertz CT molecular complexity index is 1150. The Hall–Kier alpha value is -2.79. The van der Waals surface area contributed by atoms with Gasteiger partial charge >= 0.3 is 18.6 Å². The number of hydrogen-bond donors (Lipinski definition) is 2. The Morgan fingerprint density at radius 1 is 1.30 bits per heavy atom. The van der Waals surface area contributed by atoms with Crippen LogP contribution in [0.4, 0.5) is 13.2 Å². The molecule has 0 spiro atoms. The summed E-state index contributed by atoms with van der Waals surface area (Å²) in [7, 11) is 0. The topological polar surface area (TPSA) is 101 Å². The summed E-state index contributed by atoms with van der Waals surface area (Å²) in [6.07, 6.45) is 0.436. The highest BCUT2D eigenvalue weighted by molar-refractivity contribution is 9.10. The molecule has 0 aliphatic heterocycles. The minimum absolute atomic E-state index is 0.0529. The molecule has 0 aliphatic carbocycles. The first-order valence-corrected chi connectivity index (χ1v) is 9.32. The highest BCUT2D eigenvalue weighted by Gasteiger charge is 2.33. The van der Waals surface area contributed by atoms with E-state index in [1.165, 1.54) is 22.7 Å². The van der Waals surface area contributed by atoms with Crippen LogP contribution < -0.4 is 4.74 Å². The number of aromatic carboxylic acids is 1. The number of imidazole rings is 1. The van der Waals surface area contributed by atoms with Crippen LogP contribution in [0, 0.1) is 5.82 Å². The number of fused-ring (bicyclic) bond motifs is 1. The van der Waals surface area contributed by atoms with Crippen molar-refractivity contribution >= 4 is 45.1 Å². The molecular formula is C18H11BrClF3N2O5. The summed E-state index contributed by atoms with van der Waals surface area (Å²) < 4.78 is 45.4. The maximum absolute atomic E-state index is 13.9. The standard InChI is InChI=1S/C18H11BrClF3N2O5/c19-8-6-25-12(5-10(8)21)24-15(17(28)29)16(25)7(4-13(26)27)14-9(20)2-1-3-11(14)30-18(22)23/h1-3,5-7,18H,4H2,(H,26,27)(H,28,29). The SMILES string of the molecule is O=C(O)CC(c1c(Cl)cccc1OC(F)F)c1c(C(=O)O)nc2cc(F)c(Br)cn12. The summed E-state index contributed by atoms with van der Waals surface area (Å²) in [5.41, 5.74) is -1.05. The van der Waals surface area contributed by atoms with Gasteiger partial charge < -0.3 is 19.4 Å². The van der Waals surface area contributed by atoms with E-state index in [0.717, 1.165) is 12.1 Å². The van der Waals surface area contributed by atoms with E-state index < -0.39 is 48.1 Å². The van der Waals surface area contributed by atoms with Crippen molar-refractivity contribution in [2.24, 2.45) is 0 Å². The van der Waals surface area contributed by atoms with Gasteiger partial charge in [-0.3, -0.25) is 4.79 Å². The summed E-state index contributed by atoms with van der Waals surface area (Å²) in [5.74, 6) is -5.40. The van der Waals surface area contributed by atoms with Gasteiger partial charge in [-0.2, -0.15) is 8.78 Å². The zero-order valence-corrected chi connectivity index (χ0v) is 17.0. The third kappa shape index (κ3) is 4.21. The molecule has 0 saturated carbocycles. The highest BCUT2D eigenvalue weighted by atomic mass is 79.9. The number of benzene rings is 1. The second kappa shape index (κ2) is 8.52. The lowest BCUT2D eigenvalue weighted by atomic mass is 9.90. The number of aromatic nitrogens is 2. The van der Waals surface area contributed by atoms with Gasteiger partial charge in [-0.25, -0.2) is 14.2 Å². The van der Waals surface area contributed by atoms with E-state index in [0.29, 0.717) is 0 Å². The predicted molar refractivity (Wildman–Crippen MR) is 102 cm³/mol. The van der Waals surface area contributed by atoms with Crippen molar-refractivity contribution in [2.75, 3.05) is 0 Å². The van der Waals surface area contributed by atoms with Crippen LogP contribution in [-0.4, -0.2) is 38.1 Å². The molecule has 12 heteroatoms. The first kappa shape index (κ1) is 21.9. The van der Waals surface area contributed by atoms with Crippen molar-refractivity contribution in [3.8, 4) is 5.75 Å². The number of nitrogens with zero attached hydrogens (tertiary/aromatic N) is 2. The molecule has 1 atom stereocenters. The molecule has 0 amide bonds. The van der Waals surface area contributed by atoms with Crippen molar-refractivity contribution < 1.29 is 37.7 Å². The van der Waals surface area contributed by atoms with Gasteiger partial charge in [-0.1, -0.05) is 17.7 Å². The molecule has 0 aliphatic rings. The summed E-state index contributed by atoms with van der Waals surface area (Å²) in [4.78, 5) is 27.3. The zero-order valence-electron chi connectivity index (χ0n) is 14.7. The van der Waals surface area contributed by atoms with Gasteiger partial charge in [0.05, 0.1) is 16.6 Å². The number of carboxylic acids is 2. The number of aliphatic carboxylic acids is 1. The van der Waals surface area contributed by atoms with E-state index in [2.05, 4.69) is 25.7 Å². The molecule has 158 valence electrons. The lowest BCUT2D eigenvalue weighted by Crippen LogP contribution is -2.16. The van der Waals surface area contributed by atoms with E-state index in [-0.39, 0.29) is 26.4 Å². The van der Waals surface area contributed by atoms with Crippen molar-refractivity contribution in [2.45, 2.75) is 19.0 Å². The van der Waals surface area contributed by atoms with E-state index in [9.17, 15) is 33.0 Å². The second-order valence-electron chi connectivity index (χ2n) is 6.03. The smallest absolute Gasteiger partial charge is 0.387 e. The lowest BCUT2D eigenvalue weighted by molar-refractivity contribution is -0.137. The van der Waals surface area contributed by atoms with Crippen LogP contribution in [0.1, 0.15) is 34.1 Å². The third-order valence-electron chi connectivity index (χ3n) is 4.19. The van der Waals surface area contributed by atoms with Crippen LogP contribution in [0.2, 0.25) is 5.02 Å². The summed E-state index contributed by atoms with van der Waals surface area (Å²) in [6.45, 7) is -3.24. The van der Waals surface area contributed by atoms with Crippen molar-refractivity contribution in [3.63, 3.8) is 0 Å². The minimum atomic E-state index is -3.24. The molecule has 0 fully saturated rings. The number of carbonyl (C=O) groups is 2. The number of pyridine rings is 1. The Balaban J connectivity index is 2.38. The molecule has 2 heterocycles. The number of halogens is 5. The number of hydrogen-bond acceptors (Lipinski definition) is 4. The van der Waals surface area contributed by atoms with E-state index in [4.69, 9.17) is 11.6 Å². The van der Waals surface area contributed by atoms with E-state index in [1.807, 2.05) is 0 Å². The molecule has 7 nitrogen and oxygen atoms in total. The average Bonchev–Trinajstić information content (AvgIpc) is 2.98. The largest absolute Gasteiger partial charge is 0.481 e. The first-order chi connectivity index (χ1) is 14.1. The highest BCUT2D eigenvalue weighted by Crippen LogP contribution is 2.41. The summed E-state index contributed by atoms with van der Waals surface area (Å²) in [6, 6.07) is 4.74. The molecule has 1 unspecified atom stereocenters. The summed E-state index contributed by atoms with van der Waals surface area (Å²) >= 11 is 9.16. The van der Waals surface area contributed by atoms with Crippen molar-refractivity contribution in [3.05, 3.63) is 62.7 Å². The van der Waals surface area contributed by atoms with Gasteiger partial charge in [-0.05, 0) is 28.1 Å². The molecule has 2 N–H and O–H groups in total. The van der Waals surface area contributed by atoms with Gasteiger partial charge in [0.1, 0.15) is 17.2 Å². The molecule has 30 heavy (non-hydrogen) atoms. The molecule has 3 aromatic rings. The fourth-order valence-corrected chi connectivity index (χ4v) is 3.73. The fourth-order valence-electron chi connectivity index (χ4n) is 3.11. The Morgan fingerprint density at radius 3 is 2.60 bits per heavy atom. The molecule has 0 bridgehead atoms. The number of ether oxygens (including phenoxy) is 1. The zero-order chi connectivity index (χ0) is 22.2. The van der Waals surface area contributed by atoms with Gasteiger partial charge in [0, 0.05) is 28.8 Å². The molecule has 2 aromatic heterocycles. The van der Waals surface area contributed by atoms with Gasteiger partial charge in [0.15, 0.2) is 5.69 Å². The van der Waals surface area contributed by atoms with Crippen molar-refractivity contribution in [1.29, 1.82) is 0 Å². The second-order valence-corrected chi connectivity index (χ2v) is 7.29. The van der Waals surface area contributed by atoms with E-state index >= 15 is 0 Å². The van der Waals surface area contributed by atoms with Crippen LogP contribution in [-0.2, 0) is 4.79 Å². The Kier molecular flexibility index (Phi) is 6.22. The maximum Gasteiger partial charge on any atom is 0.387 e. The normalized spacial score (nSPS) is 12.3. The van der Waals surface area contributed by atoms with Crippen LogP contribution in [0.3, 0.4) is 0 Å². The van der Waals surface area contributed by atoms with Crippen LogP contribution >= 0.6 is 27.5 Å². The van der Waals surface area contributed by atoms with Crippen LogP contribution in [0.5, 0.6) is 5.75 Å². The quantitative estimate of drug-likeness (QED) is 0.477. The number of alkyl halides is 2. The van der Waals surface area contributed by atoms with E-state index in [1.54, 1.807) is 0 Å². The maximum atomic E-state index is 13.9. The van der Waals surface area contributed by atoms with Gasteiger partial charge in [0.2, 0.25) is 0 Å². The van der Waals surface area contributed by atoms with Gasteiger partial charge in [0.25, 0.3) is 0 Å². The Labute approximate surface area is 179 Å². The Morgan fingerprint density at radius 2 is 2.00 bits per heavy atom. The van der Waals surface area contributed by atoms with Crippen LogP contribution in [0.25, 0.3) is 5.65 Å². The number of carboxylic acid groups (broad SMARTS) is 2. The number of rotatable bonds is 7. The molecular weight excluding hydrogens is 497 g/mol. The molecule has 3 rings (SSSR count). The third-order valence-corrected chi connectivity index (χ3v) is 5.10. The van der Waals surface area contributed by atoms with Crippen molar-refractivity contribution in [1.82, 2.24) is 9.38 Å². The lowest BCUT2D eigenvalue weighted by Gasteiger charge is -2.21. The van der Waals surface area contributed by atoms with Crippen LogP contribution in [0.15, 0.2) is 34.9 Å². The molecule has 0 radical (unpaired) electrons. The average molecular weight is 508 g/mol. The van der Waals surface area contributed by atoms with Gasteiger partial charge in [-0.15, -0.1) is 0 Å². The monoisotopic (exact) mass is 506 g/mol. The molecule has 1 aromatic carbocycles. The summed E-state index contributed by atoms with van der Waals surface area (Å²) in [5, 5.41) is 18.9. The predicted octanol–water partition coefficient (Wildman–Crippen LogP) is 4.80. The molecule has 0 saturated heterocycles.